The van der Waals surface area contributed by atoms with Crippen LogP contribution >= 0.6 is 0 Å². The molecule has 1 aromatic heterocycles. The molecule has 0 amide bonds. The number of methoxy groups -OCH3 is 1. The molecule has 0 atom stereocenters. The van der Waals surface area contributed by atoms with E-state index in [4.69, 9.17) is 0 Å². The Bertz CT molecular complexity index is 561. The molecule has 0 saturated heterocycles. The molecule has 0 bridgehead atoms. The number of carbonyl (C=O) groups is 1. The van der Waals surface area contributed by atoms with Gasteiger partial charge in [0.15, 0.2) is 0 Å². The molecule has 0 aliphatic carbocycles. The average Bonchev–Trinajstić information content (AvgIpc) is 2.36. The van der Waals surface area contributed by atoms with Gasteiger partial charge in [0, 0.05) is 11.6 Å². The molecule has 2 rings (SSSR count). The summed E-state index contributed by atoms with van der Waals surface area (Å²) < 4.78 is 4.68. The second-order valence-corrected chi connectivity index (χ2v) is 4.28. The monoisotopic (exact) mass is 229 g/mol. The largest absolute Gasteiger partial charge is 0.464 e. The van der Waals surface area contributed by atoms with E-state index in [9.17, 15) is 4.79 Å². The number of carbonyl (C=O) groups excluding carboxylic acids is 1. The Labute approximate surface area is 100 Å². The summed E-state index contributed by atoms with van der Waals surface area (Å²) in [5.41, 5.74) is 1.57. The summed E-state index contributed by atoms with van der Waals surface area (Å²) in [6.07, 6.45) is 1.72. The SMILES string of the molecule is COC(=O)c1cc2c(C(C)C)cccc2cn1. The molecule has 17 heavy (non-hydrogen) atoms. The quantitative estimate of drug-likeness (QED) is 0.742. The first-order valence-corrected chi connectivity index (χ1v) is 5.60. The maximum Gasteiger partial charge on any atom is 0.356 e. The number of fused-ring (bicyclic) bond motifs is 1. The van der Waals surface area contributed by atoms with Crippen LogP contribution in [0.3, 0.4) is 0 Å². The van der Waals surface area contributed by atoms with Gasteiger partial charge >= 0.3 is 5.97 Å². The molecule has 3 nitrogen and oxygen atoms in total. The van der Waals surface area contributed by atoms with E-state index in [2.05, 4.69) is 29.6 Å². The van der Waals surface area contributed by atoms with Crippen LogP contribution in [-0.4, -0.2) is 18.1 Å². The van der Waals surface area contributed by atoms with Crippen LogP contribution in [0.4, 0.5) is 0 Å². The van der Waals surface area contributed by atoms with Crippen LogP contribution in [0, 0.1) is 0 Å². The zero-order valence-corrected chi connectivity index (χ0v) is 10.2. The normalized spacial score (nSPS) is 10.8. The minimum absolute atomic E-state index is 0.355. The maximum absolute atomic E-state index is 11.5. The van der Waals surface area contributed by atoms with Crippen molar-refractivity contribution in [1.29, 1.82) is 0 Å². The van der Waals surface area contributed by atoms with Gasteiger partial charge in [-0.25, -0.2) is 9.78 Å². The van der Waals surface area contributed by atoms with E-state index in [1.165, 1.54) is 12.7 Å². The third-order valence-corrected chi connectivity index (χ3v) is 2.81. The van der Waals surface area contributed by atoms with Crippen LogP contribution in [-0.2, 0) is 4.74 Å². The van der Waals surface area contributed by atoms with E-state index >= 15 is 0 Å². The number of hydrogen-bond donors (Lipinski definition) is 0. The number of rotatable bonds is 2. The van der Waals surface area contributed by atoms with E-state index < -0.39 is 5.97 Å². The van der Waals surface area contributed by atoms with E-state index in [-0.39, 0.29) is 0 Å². The Morgan fingerprint density at radius 3 is 2.76 bits per heavy atom. The molecule has 2 aromatic rings. The molecule has 1 aromatic carbocycles. The lowest BCUT2D eigenvalue weighted by Crippen LogP contribution is -2.04. The van der Waals surface area contributed by atoms with E-state index in [0.29, 0.717) is 11.6 Å². The summed E-state index contributed by atoms with van der Waals surface area (Å²) in [6, 6.07) is 7.89. The third kappa shape index (κ3) is 2.13. The van der Waals surface area contributed by atoms with E-state index in [0.717, 1.165) is 10.8 Å². The summed E-state index contributed by atoms with van der Waals surface area (Å²) in [5, 5.41) is 2.11. The predicted molar refractivity (Wildman–Crippen MR) is 67.2 cm³/mol. The number of esters is 1. The highest BCUT2D eigenvalue weighted by Crippen LogP contribution is 2.25. The topological polar surface area (TPSA) is 39.2 Å². The van der Waals surface area contributed by atoms with Crippen LogP contribution < -0.4 is 0 Å². The van der Waals surface area contributed by atoms with Crippen molar-refractivity contribution in [1.82, 2.24) is 4.98 Å². The number of pyridine rings is 1. The third-order valence-electron chi connectivity index (χ3n) is 2.81. The molecular formula is C14H15NO2. The highest BCUT2D eigenvalue weighted by molar-refractivity contribution is 5.94. The molecule has 0 aliphatic heterocycles. The Morgan fingerprint density at radius 2 is 2.12 bits per heavy atom. The van der Waals surface area contributed by atoms with Crippen LogP contribution in [0.15, 0.2) is 30.5 Å². The van der Waals surface area contributed by atoms with Crippen LogP contribution in [0.2, 0.25) is 0 Å². The fourth-order valence-electron chi connectivity index (χ4n) is 1.91. The molecule has 1 heterocycles. The number of hydrogen-bond acceptors (Lipinski definition) is 3. The van der Waals surface area contributed by atoms with Crippen molar-refractivity contribution < 1.29 is 9.53 Å². The molecule has 88 valence electrons. The molecule has 0 unspecified atom stereocenters. The van der Waals surface area contributed by atoms with Gasteiger partial charge < -0.3 is 4.74 Å². The highest BCUT2D eigenvalue weighted by atomic mass is 16.5. The number of benzene rings is 1. The number of nitrogens with zero attached hydrogens (tertiary/aromatic N) is 1. The van der Waals surface area contributed by atoms with Gasteiger partial charge in [0.1, 0.15) is 5.69 Å². The van der Waals surface area contributed by atoms with Crippen LogP contribution in [0.1, 0.15) is 35.8 Å². The molecule has 0 fully saturated rings. The Hall–Kier alpha value is -1.90. The summed E-state index contributed by atoms with van der Waals surface area (Å²) in [4.78, 5) is 15.6. The molecule has 0 radical (unpaired) electrons. The second kappa shape index (κ2) is 4.53. The van der Waals surface area contributed by atoms with Gasteiger partial charge in [-0.15, -0.1) is 0 Å². The van der Waals surface area contributed by atoms with E-state index in [1.54, 1.807) is 12.3 Å². The van der Waals surface area contributed by atoms with Crippen molar-refractivity contribution in [3.8, 4) is 0 Å². The van der Waals surface area contributed by atoms with Crippen LogP contribution in [0.25, 0.3) is 10.8 Å². The lowest BCUT2D eigenvalue weighted by Gasteiger charge is -2.10. The van der Waals surface area contributed by atoms with Crippen molar-refractivity contribution in [2.75, 3.05) is 7.11 Å². The molecule has 3 heteroatoms. The molecule has 0 aliphatic rings. The summed E-state index contributed by atoms with van der Waals surface area (Å²) in [6.45, 7) is 4.26. The first-order chi connectivity index (χ1) is 8.13. The zero-order chi connectivity index (χ0) is 12.4. The summed E-state index contributed by atoms with van der Waals surface area (Å²) in [7, 11) is 1.36. The van der Waals surface area contributed by atoms with Gasteiger partial charge in [0.05, 0.1) is 7.11 Å². The lowest BCUT2D eigenvalue weighted by atomic mass is 9.97. The minimum Gasteiger partial charge on any atom is -0.464 e. The van der Waals surface area contributed by atoms with Gasteiger partial charge in [-0.3, -0.25) is 0 Å². The minimum atomic E-state index is -0.398. The van der Waals surface area contributed by atoms with Gasteiger partial charge in [0.25, 0.3) is 0 Å². The Balaban J connectivity index is 2.65. The van der Waals surface area contributed by atoms with Crippen LogP contribution in [0.5, 0.6) is 0 Å². The first-order valence-electron chi connectivity index (χ1n) is 5.60. The number of ether oxygens (including phenoxy) is 1. The average molecular weight is 229 g/mol. The lowest BCUT2D eigenvalue weighted by molar-refractivity contribution is 0.0594. The van der Waals surface area contributed by atoms with Crippen molar-refractivity contribution in [3.05, 3.63) is 41.7 Å². The van der Waals surface area contributed by atoms with E-state index in [1.807, 2.05) is 12.1 Å². The Morgan fingerprint density at radius 1 is 1.35 bits per heavy atom. The highest BCUT2D eigenvalue weighted by Gasteiger charge is 2.10. The summed E-state index contributed by atoms with van der Waals surface area (Å²) in [5.74, 6) is 0.0112. The predicted octanol–water partition coefficient (Wildman–Crippen LogP) is 3.14. The maximum atomic E-state index is 11.5. The van der Waals surface area contributed by atoms with Gasteiger partial charge in [-0.2, -0.15) is 0 Å². The molecule has 0 N–H and O–H groups in total. The molecule has 0 saturated carbocycles. The van der Waals surface area contributed by atoms with Gasteiger partial charge in [-0.05, 0) is 22.9 Å². The van der Waals surface area contributed by atoms with Gasteiger partial charge in [-0.1, -0.05) is 32.0 Å². The summed E-state index contributed by atoms with van der Waals surface area (Å²) >= 11 is 0. The number of aromatic nitrogens is 1. The Kier molecular flexibility index (Phi) is 3.09. The zero-order valence-electron chi connectivity index (χ0n) is 10.2. The van der Waals surface area contributed by atoms with Crippen molar-refractivity contribution in [3.63, 3.8) is 0 Å². The molecular weight excluding hydrogens is 214 g/mol. The first kappa shape index (κ1) is 11.6. The second-order valence-electron chi connectivity index (χ2n) is 4.28. The van der Waals surface area contributed by atoms with Crippen molar-refractivity contribution in [2.45, 2.75) is 19.8 Å². The fraction of sp³-hybridized carbons (Fsp3) is 0.286. The standard InChI is InChI=1S/C14H15NO2/c1-9(2)11-6-4-5-10-8-15-13(7-12(10)11)14(16)17-3/h4-9H,1-3H3. The van der Waals surface area contributed by atoms with Crippen molar-refractivity contribution in [2.24, 2.45) is 0 Å². The fourth-order valence-corrected chi connectivity index (χ4v) is 1.91. The van der Waals surface area contributed by atoms with Crippen molar-refractivity contribution >= 4 is 16.7 Å². The molecule has 0 spiro atoms. The van der Waals surface area contributed by atoms with Gasteiger partial charge in [0.2, 0.25) is 0 Å². The smallest absolute Gasteiger partial charge is 0.356 e.